The van der Waals surface area contributed by atoms with Gasteiger partial charge in [-0.2, -0.15) is 0 Å². The molecule has 2 nitrogen and oxygen atoms in total. The minimum absolute atomic E-state index is 0.281. The van der Waals surface area contributed by atoms with E-state index >= 15 is 0 Å². The van der Waals surface area contributed by atoms with Gasteiger partial charge in [0.2, 0.25) is 0 Å². The Labute approximate surface area is 109 Å². The molecule has 0 spiro atoms. The lowest BCUT2D eigenvalue weighted by atomic mass is 10.1. The van der Waals surface area contributed by atoms with E-state index in [1.165, 1.54) is 0 Å². The van der Waals surface area contributed by atoms with Crippen LogP contribution in [0.4, 0.5) is 0 Å². The molecule has 94 valence electrons. The molecule has 1 aromatic rings. The summed E-state index contributed by atoms with van der Waals surface area (Å²) in [5.74, 6) is 0.971. The maximum absolute atomic E-state index is 6.03. The highest BCUT2D eigenvalue weighted by Gasteiger charge is 2.12. The number of aryl methyl sites for hydroxylation is 2. The molecule has 0 fully saturated rings. The van der Waals surface area contributed by atoms with Crippen molar-refractivity contribution in [3.05, 3.63) is 28.8 Å². The molecule has 17 heavy (non-hydrogen) atoms. The summed E-state index contributed by atoms with van der Waals surface area (Å²) in [6.45, 7) is 8.35. The van der Waals surface area contributed by atoms with E-state index < -0.39 is 0 Å². The van der Waals surface area contributed by atoms with Crippen molar-refractivity contribution in [1.82, 2.24) is 0 Å². The van der Waals surface area contributed by atoms with Gasteiger partial charge in [0.05, 0.1) is 6.10 Å². The predicted octanol–water partition coefficient (Wildman–Crippen LogP) is 3.51. The minimum atomic E-state index is 0.281. The molecule has 0 atom stereocenters. The molecule has 0 radical (unpaired) electrons. The fourth-order valence-electron chi connectivity index (χ4n) is 1.90. The van der Waals surface area contributed by atoms with Crippen LogP contribution in [0, 0.1) is 13.8 Å². The van der Waals surface area contributed by atoms with E-state index in [-0.39, 0.29) is 6.10 Å². The Hall–Kier alpha value is -1.09. The molecule has 0 aliphatic heterocycles. The van der Waals surface area contributed by atoms with Crippen LogP contribution in [0.2, 0.25) is 0 Å². The Bertz CT molecular complexity index is 388. The number of hydrogen-bond donors (Lipinski definition) is 1. The molecule has 1 aromatic carbocycles. The third kappa shape index (κ3) is 3.43. The lowest BCUT2D eigenvalue weighted by Gasteiger charge is -2.20. The Kier molecular flexibility index (Phi) is 4.94. The molecule has 0 heterocycles. The molecule has 1 rings (SSSR count). The van der Waals surface area contributed by atoms with Gasteiger partial charge in [-0.1, -0.05) is 26.1 Å². The first-order valence-electron chi connectivity index (χ1n) is 6.07. The van der Waals surface area contributed by atoms with Crippen molar-refractivity contribution in [3.63, 3.8) is 0 Å². The van der Waals surface area contributed by atoms with E-state index in [0.29, 0.717) is 4.99 Å². The lowest BCUT2D eigenvalue weighted by molar-refractivity contribution is 0.190. The van der Waals surface area contributed by atoms with Gasteiger partial charge < -0.3 is 10.5 Å². The average Bonchev–Trinajstić information content (AvgIpc) is 2.28. The standard InChI is InChI=1S/C14H21NOS/c1-5-12(6-2)16-13-9(3)7-11(14(15)17)8-10(13)4/h7-8,12H,5-6H2,1-4H3,(H2,15,17). The first kappa shape index (κ1) is 14.0. The van der Waals surface area contributed by atoms with E-state index in [1.54, 1.807) is 0 Å². The number of hydrogen-bond acceptors (Lipinski definition) is 2. The van der Waals surface area contributed by atoms with Gasteiger partial charge in [-0.3, -0.25) is 0 Å². The van der Waals surface area contributed by atoms with Crippen LogP contribution < -0.4 is 10.5 Å². The minimum Gasteiger partial charge on any atom is -0.490 e. The maximum Gasteiger partial charge on any atom is 0.125 e. The highest BCUT2D eigenvalue weighted by molar-refractivity contribution is 7.80. The van der Waals surface area contributed by atoms with E-state index in [1.807, 2.05) is 26.0 Å². The summed E-state index contributed by atoms with van der Waals surface area (Å²) in [6.07, 6.45) is 2.32. The lowest BCUT2D eigenvalue weighted by Crippen LogP contribution is -2.16. The second kappa shape index (κ2) is 6.01. The summed E-state index contributed by atoms with van der Waals surface area (Å²) in [4.78, 5) is 0.435. The van der Waals surface area contributed by atoms with Crippen LogP contribution in [0.15, 0.2) is 12.1 Å². The van der Waals surface area contributed by atoms with Gasteiger partial charge in [0, 0.05) is 5.56 Å². The third-order valence-electron chi connectivity index (χ3n) is 2.94. The average molecular weight is 251 g/mol. The summed E-state index contributed by atoms with van der Waals surface area (Å²) < 4.78 is 6.03. The summed E-state index contributed by atoms with van der Waals surface area (Å²) in [6, 6.07) is 3.99. The monoisotopic (exact) mass is 251 g/mol. The quantitative estimate of drug-likeness (QED) is 0.813. The second-order valence-corrected chi connectivity index (χ2v) is 4.80. The van der Waals surface area contributed by atoms with Crippen molar-refractivity contribution in [1.29, 1.82) is 0 Å². The van der Waals surface area contributed by atoms with Crippen LogP contribution >= 0.6 is 12.2 Å². The zero-order valence-electron chi connectivity index (χ0n) is 11.0. The molecule has 0 saturated heterocycles. The topological polar surface area (TPSA) is 35.2 Å². The number of nitrogens with two attached hydrogens (primary N) is 1. The fourth-order valence-corrected chi connectivity index (χ4v) is 2.02. The third-order valence-corrected chi connectivity index (χ3v) is 3.18. The van der Waals surface area contributed by atoms with Gasteiger partial charge in [-0.15, -0.1) is 0 Å². The highest BCUT2D eigenvalue weighted by Crippen LogP contribution is 2.27. The largest absolute Gasteiger partial charge is 0.490 e. The van der Waals surface area contributed by atoms with Crippen molar-refractivity contribution in [2.45, 2.75) is 46.6 Å². The molecule has 0 aliphatic rings. The molecule has 3 heteroatoms. The number of rotatable bonds is 5. The van der Waals surface area contributed by atoms with Crippen molar-refractivity contribution in [2.75, 3.05) is 0 Å². The van der Waals surface area contributed by atoms with E-state index in [4.69, 9.17) is 22.7 Å². The van der Waals surface area contributed by atoms with Crippen molar-refractivity contribution in [3.8, 4) is 5.75 Å². The van der Waals surface area contributed by atoms with Crippen molar-refractivity contribution in [2.24, 2.45) is 5.73 Å². The van der Waals surface area contributed by atoms with Gasteiger partial charge in [0.15, 0.2) is 0 Å². The summed E-state index contributed by atoms with van der Waals surface area (Å²) in [7, 11) is 0. The molecular weight excluding hydrogens is 230 g/mol. The Morgan fingerprint density at radius 1 is 1.24 bits per heavy atom. The smallest absolute Gasteiger partial charge is 0.125 e. The van der Waals surface area contributed by atoms with Crippen LogP contribution in [0.5, 0.6) is 5.75 Å². The van der Waals surface area contributed by atoms with Crippen LogP contribution in [0.1, 0.15) is 43.4 Å². The Balaban J connectivity index is 3.05. The van der Waals surface area contributed by atoms with Gasteiger partial charge in [-0.25, -0.2) is 0 Å². The SMILES string of the molecule is CCC(CC)Oc1c(C)cc(C(N)=S)cc1C. The molecule has 0 saturated carbocycles. The van der Waals surface area contributed by atoms with Crippen LogP contribution in [-0.4, -0.2) is 11.1 Å². The van der Waals surface area contributed by atoms with E-state index in [9.17, 15) is 0 Å². The Morgan fingerprint density at radius 3 is 2.06 bits per heavy atom. The second-order valence-electron chi connectivity index (χ2n) is 4.36. The van der Waals surface area contributed by atoms with Crippen LogP contribution in [-0.2, 0) is 0 Å². The fraction of sp³-hybridized carbons (Fsp3) is 0.500. The zero-order valence-corrected chi connectivity index (χ0v) is 11.9. The predicted molar refractivity (Wildman–Crippen MR) is 76.8 cm³/mol. The van der Waals surface area contributed by atoms with Crippen molar-refractivity contribution < 1.29 is 4.74 Å². The first-order valence-corrected chi connectivity index (χ1v) is 6.48. The molecule has 0 bridgehead atoms. The molecule has 2 N–H and O–H groups in total. The molecule has 0 amide bonds. The summed E-state index contributed by atoms with van der Waals surface area (Å²) in [5.41, 5.74) is 8.75. The number of benzene rings is 1. The van der Waals surface area contributed by atoms with Crippen LogP contribution in [0.25, 0.3) is 0 Å². The number of thiocarbonyl (C=S) groups is 1. The summed E-state index contributed by atoms with van der Waals surface area (Å²) in [5, 5.41) is 0. The Morgan fingerprint density at radius 2 is 1.71 bits per heavy atom. The number of ether oxygens (including phenoxy) is 1. The van der Waals surface area contributed by atoms with Gasteiger partial charge in [0.1, 0.15) is 10.7 Å². The van der Waals surface area contributed by atoms with E-state index in [0.717, 1.165) is 35.3 Å². The molecule has 0 aromatic heterocycles. The maximum atomic E-state index is 6.03. The van der Waals surface area contributed by atoms with Gasteiger partial charge in [0.25, 0.3) is 0 Å². The van der Waals surface area contributed by atoms with Gasteiger partial charge >= 0.3 is 0 Å². The normalized spacial score (nSPS) is 10.6. The molecule has 0 unspecified atom stereocenters. The van der Waals surface area contributed by atoms with Crippen molar-refractivity contribution >= 4 is 17.2 Å². The highest BCUT2D eigenvalue weighted by atomic mass is 32.1. The molecular formula is C14H21NOS. The summed E-state index contributed by atoms with van der Waals surface area (Å²) >= 11 is 5.00. The van der Waals surface area contributed by atoms with Gasteiger partial charge in [-0.05, 0) is 49.9 Å². The molecule has 0 aliphatic carbocycles. The first-order chi connectivity index (χ1) is 7.99. The van der Waals surface area contributed by atoms with E-state index in [2.05, 4.69) is 13.8 Å². The zero-order chi connectivity index (χ0) is 13.0. The van der Waals surface area contributed by atoms with Crippen LogP contribution in [0.3, 0.4) is 0 Å².